The summed E-state index contributed by atoms with van der Waals surface area (Å²) in [5.74, 6) is 2.34. The quantitative estimate of drug-likeness (QED) is 0.409. The first-order valence-electron chi connectivity index (χ1n) is 11.5. The van der Waals surface area contributed by atoms with Crippen molar-refractivity contribution in [3.8, 4) is 28.4 Å². The Bertz CT molecular complexity index is 1030. The van der Waals surface area contributed by atoms with Crippen molar-refractivity contribution in [2.24, 2.45) is 0 Å². The highest BCUT2D eigenvalue weighted by Gasteiger charge is 2.60. The summed E-state index contributed by atoms with van der Waals surface area (Å²) < 4.78 is 33.4. The Hall–Kier alpha value is -1.50. The van der Waals surface area contributed by atoms with Crippen LogP contribution in [0.25, 0.3) is 11.1 Å². The third-order valence-electron chi connectivity index (χ3n) is 6.42. The van der Waals surface area contributed by atoms with E-state index in [4.69, 9.17) is 14.2 Å². The number of fused-ring (bicyclic) bond motifs is 1. The fourth-order valence-electron chi connectivity index (χ4n) is 5.03. The van der Waals surface area contributed by atoms with E-state index < -0.39 is 25.4 Å². The van der Waals surface area contributed by atoms with Crippen molar-refractivity contribution in [3.05, 3.63) is 36.4 Å². The predicted molar refractivity (Wildman–Crippen MR) is 143 cm³/mol. The number of hydrogen-bond donors (Lipinski definition) is 0. The van der Waals surface area contributed by atoms with Crippen molar-refractivity contribution in [3.63, 3.8) is 0 Å². The molecular formula is C27H40O4P2. The van der Waals surface area contributed by atoms with Gasteiger partial charge in [0.05, 0.1) is 19.8 Å². The van der Waals surface area contributed by atoms with Crippen LogP contribution in [0.1, 0.15) is 62.3 Å². The summed E-state index contributed by atoms with van der Waals surface area (Å²) in [6.07, 6.45) is 0. The molecule has 1 heterocycles. The fourth-order valence-corrected chi connectivity index (χ4v) is 16.0. The number of methoxy groups -OCH3 is 2. The van der Waals surface area contributed by atoms with Crippen LogP contribution < -0.4 is 19.5 Å². The Morgan fingerprint density at radius 2 is 1.30 bits per heavy atom. The maximum atomic E-state index is 15.1. The van der Waals surface area contributed by atoms with Crippen LogP contribution in [-0.4, -0.2) is 35.3 Å². The van der Waals surface area contributed by atoms with Crippen LogP contribution in [0.3, 0.4) is 0 Å². The third-order valence-corrected chi connectivity index (χ3v) is 15.7. The Kier molecular flexibility index (Phi) is 6.82. The maximum Gasteiger partial charge on any atom is 0.174 e. The molecule has 0 amide bonds. The summed E-state index contributed by atoms with van der Waals surface area (Å²) in [6.45, 7) is 19.4. The molecule has 4 nitrogen and oxygen atoms in total. The zero-order valence-electron chi connectivity index (χ0n) is 22.1. The van der Waals surface area contributed by atoms with Gasteiger partial charge in [0.15, 0.2) is 5.59 Å². The summed E-state index contributed by atoms with van der Waals surface area (Å²) in [5, 5.41) is 0.238. The van der Waals surface area contributed by atoms with Crippen LogP contribution in [-0.2, 0) is 4.57 Å². The van der Waals surface area contributed by atoms with Crippen LogP contribution in [0.15, 0.2) is 36.4 Å². The zero-order valence-corrected chi connectivity index (χ0v) is 23.9. The molecule has 0 saturated carbocycles. The molecule has 1 aliphatic heterocycles. The van der Waals surface area contributed by atoms with E-state index in [-0.39, 0.29) is 10.7 Å². The topological polar surface area (TPSA) is 44.8 Å². The Balaban J connectivity index is 2.37. The molecule has 182 valence electrons. The molecule has 0 bridgehead atoms. The fraction of sp³-hybridized carbons (Fsp3) is 0.556. The lowest BCUT2D eigenvalue weighted by Gasteiger charge is -2.47. The van der Waals surface area contributed by atoms with Gasteiger partial charge in [0.2, 0.25) is 0 Å². The second-order valence-corrected chi connectivity index (χ2v) is 19.5. The van der Waals surface area contributed by atoms with Gasteiger partial charge in [-0.05, 0) is 31.3 Å². The highest BCUT2D eigenvalue weighted by Crippen LogP contribution is 2.80. The Morgan fingerprint density at radius 3 is 1.73 bits per heavy atom. The molecule has 0 spiro atoms. The molecule has 2 atom stereocenters. The normalized spacial score (nSPS) is 19.1. The lowest BCUT2D eigenvalue weighted by molar-refractivity contribution is 0.341. The molecule has 0 N–H and O–H groups in total. The van der Waals surface area contributed by atoms with Gasteiger partial charge in [-0.25, -0.2) is 0 Å². The van der Waals surface area contributed by atoms with Gasteiger partial charge in [-0.15, -0.1) is 0 Å². The molecule has 6 heteroatoms. The van der Waals surface area contributed by atoms with E-state index in [1.807, 2.05) is 30.3 Å². The van der Waals surface area contributed by atoms with Gasteiger partial charge >= 0.3 is 0 Å². The van der Waals surface area contributed by atoms with Gasteiger partial charge in [0.25, 0.3) is 0 Å². The van der Waals surface area contributed by atoms with Gasteiger partial charge in [0.1, 0.15) is 24.4 Å². The molecular weight excluding hydrogens is 450 g/mol. The first-order chi connectivity index (χ1) is 15.1. The van der Waals surface area contributed by atoms with E-state index in [9.17, 15) is 0 Å². The molecule has 0 aromatic heterocycles. The minimum atomic E-state index is -2.87. The molecule has 0 radical (unpaired) electrons. The minimum Gasteiger partial charge on any atom is -0.496 e. The van der Waals surface area contributed by atoms with Gasteiger partial charge in [0, 0.05) is 21.2 Å². The van der Waals surface area contributed by atoms with Crippen molar-refractivity contribution >= 4 is 20.4 Å². The molecule has 3 rings (SSSR count). The number of rotatable bonds is 4. The number of benzene rings is 2. The third kappa shape index (κ3) is 4.23. The average molecular weight is 491 g/mol. The monoisotopic (exact) mass is 490 g/mol. The molecule has 0 fully saturated rings. The van der Waals surface area contributed by atoms with Gasteiger partial charge in [-0.3, -0.25) is 0 Å². The first-order valence-corrected chi connectivity index (χ1v) is 14.7. The van der Waals surface area contributed by atoms with E-state index in [2.05, 4.69) is 68.4 Å². The summed E-state index contributed by atoms with van der Waals surface area (Å²) in [6, 6.07) is 12.0. The van der Waals surface area contributed by atoms with Crippen molar-refractivity contribution < 1.29 is 18.8 Å². The molecule has 2 aromatic carbocycles. The van der Waals surface area contributed by atoms with E-state index >= 15 is 4.57 Å². The van der Waals surface area contributed by atoms with Crippen molar-refractivity contribution in [2.75, 3.05) is 14.2 Å². The van der Waals surface area contributed by atoms with Gasteiger partial charge < -0.3 is 18.8 Å². The zero-order chi connectivity index (χ0) is 25.0. The summed E-state index contributed by atoms with van der Waals surface area (Å²) >= 11 is 0. The van der Waals surface area contributed by atoms with Crippen molar-refractivity contribution in [1.29, 1.82) is 0 Å². The van der Waals surface area contributed by atoms with Crippen molar-refractivity contribution in [2.45, 2.75) is 83.4 Å². The molecule has 2 aromatic rings. The van der Waals surface area contributed by atoms with Gasteiger partial charge in [-0.1, -0.05) is 80.5 Å². The molecule has 0 unspecified atom stereocenters. The SMILES string of the molecule is COc1cccc(OC)c1-c1cccc2c1[P@@](C(C)(C)C)[C@@H](P(=O)(C(C)(C)C)C(C)(C)C)O2. The van der Waals surface area contributed by atoms with E-state index in [0.29, 0.717) is 0 Å². The first kappa shape index (κ1) is 26.1. The summed E-state index contributed by atoms with van der Waals surface area (Å²) in [4.78, 5) is 0. The molecule has 0 saturated heterocycles. The van der Waals surface area contributed by atoms with Crippen LogP contribution in [0.5, 0.6) is 17.2 Å². The maximum absolute atomic E-state index is 15.1. The van der Waals surface area contributed by atoms with Crippen LogP contribution in [0.2, 0.25) is 0 Å². The molecule has 33 heavy (non-hydrogen) atoms. The smallest absolute Gasteiger partial charge is 0.174 e. The summed E-state index contributed by atoms with van der Waals surface area (Å²) in [7, 11) is -0.470. The van der Waals surface area contributed by atoms with E-state index in [0.717, 1.165) is 33.7 Å². The molecule has 1 aliphatic rings. The van der Waals surface area contributed by atoms with Crippen LogP contribution in [0, 0.1) is 0 Å². The Labute approximate surface area is 201 Å². The largest absolute Gasteiger partial charge is 0.496 e. The average Bonchev–Trinajstić information content (AvgIpc) is 3.11. The highest BCUT2D eigenvalue weighted by molar-refractivity contribution is 7.84. The second-order valence-electron chi connectivity index (χ2n) is 11.7. The summed E-state index contributed by atoms with van der Waals surface area (Å²) in [5.41, 5.74) is 1.60. The number of ether oxygens (including phenoxy) is 3. The lowest BCUT2D eigenvalue weighted by Crippen LogP contribution is -2.38. The highest BCUT2D eigenvalue weighted by atomic mass is 31.2. The van der Waals surface area contributed by atoms with Crippen LogP contribution >= 0.6 is 15.1 Å². The molecule has 0 aliphatic carbocycles. The lowest BCUT2D eigenvalue weighted by atomic mass is 10.0. The number of hydrogen-bond acceptors (Lipinski definition) is 4. The van der Waals surface area contributed by atoms with Crippen LogP contribution in [0.4, 0.5) is 0 Å². The second kappa shape index (κ2) is 8.62. The van der Waals surface area contributed by atoms with E-state index in [1.165, 1.54) is 0 Å². The predicted octanol–water partition coefficient (Wildman–Crippen LogP) is 7.91. The standard InChI is InChI=1S/C27H40O4P2/c1-25(2,3)32-23-18(22-19(29-10)15-13-16-20(22)30-11)14-12-17-21(23)31-24(32)33(28,26(4,5)6)27(7,8)9/h12-17,24H,1-11H3/t24-,32+/m0/s1. The van der Waals surface area contributed by atoms with Gasteiger partial charge in [-0.2, -0.15) is 0 Å². The minimum absolute atomic E-state index is 0.122. The Morgan fingerprint density at radius 1 is 0.818 bits per heavy atom. The van der Waals surface area contributed by atoms with E-state index in [1.54, 1.807) is 14.2 Å². The van der Waals surface area contributed by atoms with Crippen molar-refractivity contribution in [1.82, 2.24) is 0 Å².